The van der Waals surface area contributed by atoms with Crippen molar-refractivity contribution in [2.45, 2.75) is 18.9 Å². The molecule has 0 aliphatic heterocycles. The maximum atomic E-state index is 5.26. The number of hydrogen-bond donors (Lipinski definition) is 0. The number of benzene rings is 5. The third-order valence-electron chi connectivity index (χ3n) is 7.16. The van der Waals surface area contributed by atoms with E-state index in [-0.39, 0.29) is 0 Å². The summed E-state index contributed by atoms with van der Waals surface area (Å²) in [5, 5.41) is 10.5. The van der Waals surface area contributed by atoms with Crippen LogP contribution in [0.25, 0.3) is 22.4 Å². The second-order valence-electron chi connectivity index (χ2n) is 9.39. The van der Waals surface area contributed by atoms with Crippen molar-refractivity contribution in [3.63, 3.8) is 0 Å². The summed E-state index contributed by atoms with van der Waals surface area (Å²) in [6.45, 7) is 2.14. The molecule has 0 N–H and O–H groups in total. The molecule has 6 aromatic rings. The van der Waals surface area contributed by atoms with Gasteiger partial charge < -0.3 is 0 Å². The van der Waals surface area contributed by atoms with E-state index in [0.717, 1.165) is 40.1 Å². The Labute approximate surface area is 224 Å². The van der Waals surface area contributed by atoms with Crippen molar-refractivity contribution in [1.82, 2.24) is 15.0 Å². The summed E-state index contributed by atoms with van der Waals surface area (Å²) in [7, 11) is 0. The molecule has 0 saturated carbocycles. The van der Waals surface area contributed by atoms with E-state index in [0.29, 0.717) is 0 Å². The van der Waals surface area contributed by atoms with Gasteiger partial charge in [0.15, 0.2) is 5.54 Å². The molecule has 0 radical (unpaired) electrons. The fourth-order valence-corrected chi connectivity index (χ4v) is 5.28. The van der Waals surface area contributed by atoms with Gasteiger partial charge in [0.2, 0.25) is 0 Å². The van der Waals surface area contributed by atoms with Crippen LogP contribution in [0.1, 0.15) is 29.3 Å². The van der Waals surface area contributed by atoms with Gasteiger partial charge in [-0.15, -0.1) is 0 Å². The zero-order chi connectivity index (χ0) is 25.8. The highest BCUT2D eigenvalue weighted by Gasteiger charge is 2.41. The zero-order valence-electron chi connectivity index (χ0n) is 21.4. The van der Waals surface area contributed by atoms with E-state index in [1.165, 1.54) is 11.1 Å². The molecule has 0 unspecified atom stereocenters. The first-order chi connectivity index (χ1) is 18.8. The molecule has 38 heavy (non-hydrogen) atoms. The summed E-state index contributed by atoms with van der Waals surface area (Å²) in [5.41, 5.74) is 7.96. The first kappa shape index (κ1) is 23.6. The number of hydrogen-bond acceptors (Lipinski definition) is 2. The Morgan fingerprint density at radius 2 is 0.868 bits per heavy atom. The van der Waals surface area contributed by atoms with E-state index in [4.69, 9.17) is 10.2 Å². The lowest BCUT2D eigenvalue weighted by Gasteiger charge is -2.34. The predicted molar refractivity (Wildman–Crippen MR) is 155 cm³/mol. The van der Waals surface area contributed by atoms with Gasteiger partial charge in [-0.05, 0) is 34.2 Å². The maximum Gasteiger partial charge on any atom is 0.157 e. The van der Waals surface area contributed by atoms with Gasteiger partial charge in [0.25, 0.3) is 0 Å². The van der Waals surface area contributed by atoms with E-state index < -0.39 is 5.54 Å². The van der Waals surface area contributed by atoms with Crippen molar-refractivity contribution >= 4 is 0 Å². The van der Waals surface area contributed by atoms with Gasteiger partial charge in [-0.25, -0.2) is 0 Å². The van der Waals surface area contributed by atoms with Crippen molar-refractivity contribution < 1.29 is 0 Å². The molecule has 6 rings (SSSR count). The van der Waals surface area contributed by atoms with Crippen molar-refractivity contribution in [2.75, 3.05) is 0 Å². The van der Waals surface area contributed by atoms with Gasteiger partial charge in [0, 0.05) is 5.56 Å². The van der Waals surface area contributed by atoms with Crippen LogP contribution < -0.4 is 0 Å². The Balaban J connectivity index is 1.57. The molecular weight excluding hydrogens is 462 g/mol. The van der Waals surface area contributed by atoms with Crippen LogP contribution in [0.3, 0.4) is 0 Å². The summed E-state index contributed by atoms with van der Waals surface area (Å²) < 4.78 is 0. The maximum absolute atomic E-state index is 5.26. The molecule has 3 nitrogen and oxygen atoms in total. The molecule has 1 heterocycles. The van der Waals surface area contributed by atoms with Gasteiger partial charge in [-0.1, -0.05) is 153 Å². The van der Waals surface area contributed by atoms with Crippen molar-refractivity contribution in [3.8, 4) is 22.4 Å². The molecule has 5 aromatic carbocycles. The Hall–Kier alpha value is -4.76. The van der Waals surface area contributed by atoms with Gasteiger partial charge in [-0.3, -0.25) is 0 Å². The molecule has 1 aromatic heterocycles. The summed E-state index contributed by atoms with van der Waals surface area (Å²) in [5.74, 6) is 0. The largest absolute Gasteiger partial charge is 0.164 e. The number of aromatic nitrogens is 3. The minimum absolute atomic E-state index is 0.726. The summed E-state index contributed by atoms with van der Waals surface area (Å²) in [6.07, 6.45) is 0.782. The molecule has 0 saturated heterocycles. The van der Waals surface area contributed by atoms with Crippen LogP contribution >= 0.6 is 0 Å². The number of nitrogens with zero attached hydrogens (tertiary/aromatic N) is 3. The topological polar surface area (TPSA) is 30.7 Å². The quantitative estimate of drug-likeness (QED) is 0.212. The van der Waals surface area contributed by atoms with Crippen LogP contribution in [0.4, 0.5) is 0 Å². The summed E-state index contributed by atoms with van der Waals surface area (Å²) in [4.78, 5) is 1.94. The molecule has 0 aliphatic rings. The molecule has 0 spiro atoms. The third-order valence-corrected chi connectivity index (χ3v) is 7.16. The highest BCUT2D eigenvalue weighted by molar-refractivity contribution is 5.69. The van der Waals surface area contributed by atoms with Gasteiger partial charge in [0.1, 0.15) is 5.69 Å². The van der Waals surface area contributed by atoms with Crippen LogP contribution in [-0.4, -0.2) is 15.0 Å². The predicted octanol–water partition coefficient (Wildman–Crippen LogP) is 8.01. The third kappa shape index (κ3) is 4.12. The SMILES string of the molecule is CCc1nn(C(c2ccccc2)(c2ccccc2)c2ccccc2)nc1-c1ccc(-c2ccccc2)cc1. The highest BCUT2D eigenvalue weighted by Crippen LogP contribution is 2.40. The Kier molecular flexibility index (Phi) is 6.41. The monoisotopic (exact) mass is 491 g/mol. The molecule has 0 aliphatic carbocycles. The molecular formula is C35H29N3. The molecule has 0 amide bonds. The Morgan fingerprint density at radius 1 is 0.474 bits per heavy atom. The Bertz CT molecular complexity index is 1510. The number of rotatable bonds is 7. The normalized spacial score (nSPS) is 11.4. The van der Waals surface area contributed by atoms with Crippen molar-refractivity contribution in [2.24, 2.45) is 0 Å². The lowest BCUT2D eigenvalue weighted by molar-refractivity contribution is 0.402. The highest BCUT2D eigenvalue weighted by atomic mass is 15.5. The first-order valence-corrected chi connectivity index (χ1v) is 13.1. The average molecular weight is 492 g/mol. The standard InChI is InChI=1S/C35H29N3/c1-2-33-34(29-25-23-28(24-26-29)27-15-7-3-8-16-27)37-38(36-33)35(30-17-9-4-10-18-30,31-19-11-5-12-20-31)32-21-13-6-14-22-32/h3-26H,2H2,1H3. The average Bonchev–Trinajstić information content (AvgIpc) is 3.44. The van der Waals surface area contributed by atoms with E-state index in [9.17, 15) is 0 Å². The second-order valence-corrected chi connectivity index (χ2v) is 9.39. The van der Waals surface area contributed by atoms with Crippen molar-refractivity contribution in [1.29, 1.82) is 0 Å². The van der Waals surface area contributed by atoms with Crippen LogP contribution in [0.2, 0.25) is 0 Å². The van der Waals surface area contributed by atoms with Gasteiger partial charge >= 0.3 is 0 Å². The molecule has 0 bridgehead atoms. The van der Waals surface area contributed by atoms with E-state index in [1.807, 2.05) is 10.9 Å². The Morgan fingerprint density at radius 3 is 1.32 bits per heavy atom. The second kappa shape index (κ2) is 10.3. The van der Waals surface area contributed by atoms with Crippen LogP contribution in [0.15, 0.2) is 146 Å². The summed E-state index contributed by atoms with van der Waals surface area (Å²) >= 11 is 0. The molecule has 3 heteroatoms. The molecule has 0 fully saturated rings. The number of aryl methyl sites for hydroxylation is 1. The van der Waals surface area contributed by atoms with E-state index in [2.05, 4.69) is 146 Å². The van der Waals surface area contributed by atoms with E-state index >= 15 is 0 Å². The lowest BCUT2D eigenvalue weighted by Crippen LogP contribution is -2.39. The fraction of sp³-hybridized carbons (Fsp3) is 0.0857. The minimum atomic E-state index is -0.726. The fourth-order valence-electron chi connectivity index (χ4n) is 5.28. The molecule has 0 atom stereocenters. The minimum Gasteiger partial charge on any atom is -0.164 e. The van der Waals surface area contributed by atoms with Crippen LogP contribution in [0.5, 0.6) is 0 Å². The first-order valence-electron chi connectivity index (χ1n) is 13.1. The lowest BCUT2D eigenvalue weighted by atomic mass is 9.77. The van der Waals surface area contributed by atoms with Crippen LogP contribution in [0, 0.1) is 0 Å². The van der Waals surface area contributed by atoms with Gasteiger partial charge in [0.05, 0.1) is 5.69 Å². The van der Waals surface area contributed by atoms with Gasteiger partial charge in [-0.2, -0.15) is 15.0 Å². The molecule has 184 valence electrons. The van der Waals surface area contributed by atoms with Crippen molar-refractivity contribution in [3.05, 3.63) is 168 Å². The summed E-state index contributed by atoms with van der Waals surface area (Å²) in [6, 6.07) is 50.8. The zero-order valence-corrected chi connectivity index (χ0v) is 21.4. The van der Waals surface area contributed by atoms with Crippen LogP contribution in [-0.2, 0) is 12.0 Å². The smallest absolute Gasteiger partial charge is 0.157 e. The van der Waals surface area contributed by atoms with E-state index in [1.54, 1.807) is 0 Å².